The molecule has 0 aliphatic heterocycles. The van der Waals surface area contributed by atoms with Crippen molar-refractivity contribution in [3.8, 4) is 0 Å². The van der Waals surface area contributed by atoms with Gasteiger partial charge < -0.3 is 9.47 Å². The summed E-state index contributed by atoms with van der Waals surface area (Å²) >= 11 is 0. The quantitative estimate of drug-likeness (QED) is 0.111. The Labute approximate surface area is 217 Å². The van der Waals surface area contributed by atoms with Crippen LogP contribution in [0.25, 0.3) is 0 Å². The zero-order chi connectivity index (χ0) is 25.6. The predicted octanol–water partition coefficient (Wildman–Crippen LogP) is 9.19. The molecular formula is C31H58O4. The van der Waals surface area contributed by atoms with Crippen LogP contribution in [0.5, 0.6) is 0 Å². The van der Waals surface area contributed by atoms with Gasteiger partial charge in [-0.1, -0.05) is 130 Å². The van der Waals surface area contributed by atoms with Gasteiger partial charge in [-0.15, -0.1) is 0 Å². The Kier molecular flexibility index (Phi) is 20.2. The number of hydrogen-bond acceptors (Lipinski definition) is 4. The lowest BCUT2D eigenvalue weighted by Crippen LogP contribution is -2.35. The fourth-order valence-electron chi connectivity index (χ4n) is 5.21. The fourth-order valence-corrected chi connectivity index (χ4v) is 5.21. The van der Waals surface area contributed by atoms with Crippen LogP contribution in [0.4, 0.5) is 0 Å². The lowest BCUT2D eigenvalue weighted by molar-refractivity contribution is -0.163. The second-order valence-corrected chi connectivity index (χ2v) is 11.3. The maximum absolute atomic E-state index is 12.7. The molecule has 1 aliphatic carbocycles. The number of esters is 2. The van der Waals surface area contributed by atoms with Crippen molar-refractivity contribution in [2.45, 2.75) is 156 Å². The molecule has 0 heterocycles. The number of carbonyl (C=O) groups excluding carboxylic acids is 2. The average molecular weight is 495 g/mol. The van der Waals surface area contributed by atoms with Gasteiger partial charge in [0.25, 0.3) is 0 Å². The van der Waals surface area contributed by atoms with E-state index in [2.05, 4.69) is 20.8 Å². The van der Waals surface area contributed by atoms with Gasteiger partial charge in [-0.05, 0) is 31.6 Å². The van der Waals surface area contributed by atoms with Crippen LogP contribution < -0.4 is 0 Å². The maximum atomic E-state index is 12.7. The van der Waals surface area contributed by atoms with Crippen molar-refractivity contribution in [3.63, 3.8) is 0 Å². The molecule has 1 rings (SSSR count). The van der Waals surface area contributed by atoms with Crippen LogP contribution in [-0.2, 0) is 19.1 Å². The third-order valence-corrected chi connectivity index (χ3v) is 7.53. The van der Waals surface area contributed by atoms with Gasteiger partial charge in [0.15, 0.2) is 0 Å². The fraction of sp³-hybridized carbons (Fsp3) is 0.935. The summed E-state index contributed by atoms with van der Waals surface area (Å²) in [5.74, 6) is -0.138. The van der Waals surface area contributed by atoms with E-state index < -0.39 is 0 Å². The second-order valence-electron chi connectivity index (χ2n) is 11.3. The summed E-state index contributed by atoms with van der Waals surface area (Å²) < 4.78 is 11.2. The molecule has 0 aromatic rings. The maximum Gasteiger partial charge on any atom is 0.309 e. The van der Waals surface area contributed by atoms with E-state index >= 15 is 0 Å². The molecule has 0 aromatic heterocycles. The molecule has 0 spiro atoms. The Morgan fingerprint density at radius 3 is 1.37 bits per heavy atom. The molecule has 0 radical (unpaired) electrons. The summed E-state index contributed by atoms with van der Waals surface area (Å²) in [6, 6.07) is 0. The average Bonchev–Trinajstić information content (AvgIpc) is 2.85. The van der Waals surface area contributed by atoms with Gasteiger partial charge in [0, 0.05) is 0 Å². The molecule has 0 aromatic carbocycles. The van der Waals surface area contributed by atoms with Gasteiger partial charge in [0.1, 0.15) is 0 Å². The van der Waals surface area contributed by atoms with Crippen molar-refractivity contribution in [2.75, 3.05) is 13.2 Å². The smallest absolute Gasteiger partial charge is 0.309 e. The first-order chi connectivity index (χ1) is 17.1. The lowest BCUT2D eigenvalue weighted by Gasteiger charge is -2.28. The Balaban J connectivity index is 2.10. The highest BCUT2D eigenvalue weighted by atomic mass is 16.5. The zero-order valence-electron chi connectivity index (χ0n) is 23.6. The first kappa shape index (κ1) is 32.0. The molecule has 1 fully saturated rings. The molecule has 35 heavy (non-hydrogen) atoms. The SMILES string of the molecule is CCCCCCCCCCOC(=O)C1CCCCC1C(=O)OCCCCCCCCCCC(C)C. The van der Waals surface area contributed by atoms with Crippen LogP contribution >= 0.6 is 0 Å². The topological polar surface area (TPSA) is 52.6 Å². The van der Waals surface area contributed by atoms with Crippen molar-refractivity contribution in [1.82, 2.24) is 0 Å². The standard InChI is InChI=1S/C31H58O4/c1-4-5-6-7-8-12-15-20-25-34-30(32)28-23-18-19-24-29(28)31(33)35-26-21-16-13-10-9-11-14-17-22-27(2)3/h27-29H,4-26H2,1-3H3. The highest BCUT2D eigenvalue weighted by Crippen LogP contribution is 2.32. The van der Waals surface area contributed by atoms with Crippen LogP contribution in [0.15, 0.2) is 0 Å². The van der Waals surface area contributed by atoms with Gasteiger partial charge in [-0.25, -0.2) is 0 Å². The van der Waals surface area contributed by atoms with Crippen LogP contribution in [0.2, 0.25) is 0 Å². The minimum absolute atomic E-state index is 0.177. The molecule has 1 aliphatic rings. The third kappa shape index (κ3) is 17.1. The van der Waals surface area contributed by atoms with Crippen molar-refractivity contribution < 1.29 is 19.1 Å². The highest BCUT2D eigenvalue weighted by molar-refractivity contribution is 5.82. The van der Waals surface area contributed by atoms with E-state index in [4.69, 9.17) is 9.47 Å². The molecular weight excluding hydrogens is 436 g/mol. The largest absolute Gasteiger partial charge is 0.465 e. The van der Waals surface area contributed by atoms with E-state index in [0.717, 1.165) is 57.3 Å². The summed E-state index contributed by atoms with van der Waals surface area (Å²) in [4.78, 5) is 25.4. The highest BCUT2D eigenvalue weighted by Gasteiger charge is 2.37. The number of rotatable bonds is 22. The molecule has 206 valence electrons. The molecule has 2 unspecified atom stereocenters. The van der Waals surface area contributed by atoms with Gasteiger partial charge in [0.2, 0.25) is 0 Å². The zero-order valence-corrected chi connectivity index (χ0v) is 23.6. The van der Waals surface area contributed by atoms with E-state index in [1.165, 1.54) is 83.5 Å². The van der Waals surface area contributed by atoms with Gasteiger partial charge in [-0.2, -0.15) is 0 Å². The van der Waals surface area contributed by atoms with E-state index in [1.807, 2.05) is 0 Å². The summed E-state index contributed by atoms with van der Waals surface area (Å²) in [6.07, 6.45) is 24.6. The Morgan fingerprint density at radius 1 is 0.600 bits per heavy atom. The Bertz CT molecular complexity index is 516. The van der Waals surface area contributed by atoms with Crippen LogP contribution in [-0.4, -0.2) is 25.2 Å². The van der Waals surface area contributed by atoms with Crippen molar-refractivity contribution in [3.05, 3.63) is 0 Å². The Morgan fingerprint density at radius 2 is 0.971 bits per heavy atom. The number of carbonyl (C=O) groups is 2. The number of unbranched alkanes of at least 4 members (excludes halogenated alkanes) is 14. The van der Waals surface area contributed by atoms with Gasteiger partial charge in [-0.3, -0.25) is 9.59 Å². The molecule has 2 atom stereocenters. The molecule has 1 saturated carbocycles. The lowest BCUT2D eigenvalue weighted by atomic mass is 9.79. The predicted molar refractivity (Wildman–Crippen MR) is 146 cm³/mol. The van der Waals surface area contributed by atoms with Crippen molar-refractivity contribution in [2.24, 2.45) is 17.8 Å². The van der Waals surface area contributed by atoms with E-state index in [0.29, 0.717) is 13.2 Å². The summed E-state index contributed by atoms with van der Waals surface area (Å²) in [5.41, 5.74) is 0. The molecule has 0 bridgehead atoms. The second kappa shape index (κ2) is 22.2. The first-order valence-electron chi connectivity index (χ1n) is 15.4. The monoisotopic (exact) mass is 494 g/mol. The van der Waals surface area contributed by atoms with Crippen LogP contribution in [0, 0.1) is 17.8 Å². The van der Waals surface area contributed by atoms with Gasteiger partial charge >= 0.3 is 11.9 Å². The first-order valence-corrected chi connectivity index (χ1v) is 15.4. The van der Waals surface area contributed by atoms with E-state index in [9.17, 15) is 9.59 Å². The third-order valence-electron chi connectivity index (χ3n) is 7.53. The minimum atomic E-state index is -0.305. The molecule has 0 N–H and O–H groups in total. The summed E-state index contributed by atoms with van der Waals surface area (Å²) in [6.45, 7) is 7.81. The van der Waals surface area contributed by atoms with Crippen molar-refractivity contribution in [1.29, 1.82) is 0 Å². The summed E-state index contributed by atoms with van der Waals surface area (Å²) in [7, 11) is 0. The number of ether oxygens (including phenoxy) is 2. The molecule has 0 amide bonds. The van der Waals surface area contributed by atoms with E-state index in [-0.39, 0.29) is 23.8 Å². The van der Waals surface area contributed by atoms with Gasteiger partial charge in [0.05, 0.1) is 25.0 Å². The van der Waals surface area contributed by atoms with Crippen molar-refractivity contribution >= 4 is 11.9 Å². The molecule has 0 saturated heterocycles. The molecule has 4 heteroatoms. The van der Waals surface area contributed by atoms with E-state index in [1.54, 1.807) is 0 Å². The molecule has 4 nitrogen and oxygen atoms in total. The number of hydrogen-bond donors (Lipinski definition) is 0. The minimum Gasteiger partial charge on any atom is -0.465 e. The Hall–Kier alpha value is -1.06. The normalized spacial score (nSPS) is 18.1. The summed E-state index contributed by atoms with van der Waals surface area (Å²) in [5, 5.41) is 0. The van der Waals surface area contributed by atoms with Crippen LogP contribution in [0.3, 0.4) is 0 Å². The van der Waals surface area contributed by atoms with Crippen LogP contribution in [0.1, 0.15) is 156 Å².